The molecule has 0 fully saturated rings. The number of nitrogens with zero attached hydrogens (tertiary/aromatic N) is 2. The second-order valence-electron chi connectivity index (χ2n) is 5.02. The predicted molar refractivity (Wildman–Crippen MR) is 99.1 cm³/mol. The van der Waals surface area contributed by atoms with Crippen LogP contribution in [-0.2, 0) is 15.3 Å². The van der Waals surface area contributed by atoms with Crippen LogP contribution in [0.1, 0.15) is 23.9 Å². The van der Waals surface area contributed by atoms with Gasteiger partial charge in [0, 0.05) is 16.7 Å². The van der Waals surface area contributed by atoms with Gasteiger partial charge in [-0.2, -0.15) is 8.75 Å². The number of carboxylic acid groups (broad SMARTS) is 2. The van der Waals surface area contributed by atoms with Crippen molar-refractivity contribution in [1.29, 1.82) is 0 Å². The van der Waals surface area contributed by atoms with Crippen LogP contribution in [0.15, 0.2) is 28.6 Å². The van der Waals surface area contributed by atoms with E-state index in [2.05, 4.69) is 44.6 Å². The third-order valence-corrected chi connectivity index (χ3v) is 5.99. The highest BCUT2D eigenvalue weighted by Crippen LogP contribution is 2.32. The van der Waals surface area contributed by atoms with Crippen molar-refractivity contribution in [1.82, 2.24) is 14.1 Å². The first-order valence-corrected chi connectivity index (χ1v) is 9.96. The van der Waals surface area contributed by atoms with Gasteiger partial charge in [0.15, 0.2) is 0 Å². The average Bonchev–Trinajstić information content (AvgIpc) is 3.25. The number of carboxylic acids is 2. The van der Waals surface area contributed by atoms with Crippen LogP contribution in [0.4, 0.5) is 0 Å². The maximum Gasteiger partial charge on any atom is 0.414 e. The molecule has 0 aromatic carbocycles. The van der Waals surface area contributed by atoms with Crippen LogP contribution < -0.4 is 5.32 Å². The summed E-state index contributed by atoms with van der Waals surface area (Å²) in [5, 5.41) is 21.4. The van der Waals surface area contributed by atoms with E-state index in [9.17, 15) is 0 Å². The first-order chi connectivity index (χ1) is 12.0. The zero-order chi connectivity index (χ0) is 18.2. The molecule has 10 heteroatoms. The lowest BCUT2D eigenvalue weighted by atomic mass is 10.0. The van der Waals surface area contributed by atoms with Gasteiger partial charge in [0.25, 0.3) is 0 Å². The second kappa shape index (κ2) is 9.66. The molecule has 2 aromatic rings. The van der Waals surface area contributed by atoms with E-state index >= 15 is 0 Å². The molecule has 0 aliphatic carbocycles. The maximum absolute atomic E-state index is 9.10. The summed E-state index contributed by atoms with van der Waals surface area (Å²) >= 11 is 4.89. The van der Waals surface area contributed by atoms with Crippen LogP contribution in [0.25, 0.3) is 5.57 Å². The van der Waals surface area contributed by atoms with E-state index in [1.54, 1.807) is 23.1 Å². The monoisotopic (exact) mass is 399 g/mol. The van der Waals surface area contributed by atoms with E-state index in [4.69, 9.17) is 19.8 Å². The molecule has 3 N–H and O–H groups in total. The van der Waals surface area contributed by atoms with Gasteiger partial charge >= 0.3 is 11.9 Å². The third kappa shape index (κ3) is 5.92. The smallest absolute Gasteiger partial charge is 0.414 e. The van der Waals surface area contributed by atoms with Gasteiger partial charge in [-0.3, -0.25) is 0 Å². The summed E-state index contributed by atoms with van der Waals surface area (Å²) in [5.41, 5.74) is 2.37. The summed E-state index contributed by atoms with van der Waals surface area (Å²) < 4.78 is 8.95. The fraction of sp³-hybridized carbons (Fsp3) is 0.333. The zero-order valence-corrected chi connectivity index (χ0v) is 15.8. The van der Waals surface area contributed by atoms with Crippen molar-refractivity contribution in [2.75, 3.05) is 6.54 Å². The van der Waals surface area contributed by atoms with E-state index in [0.717, 1.165) is 29.4 Å². The fourth-order valence-corrected chi connectivity index (χ4v) is 4.56. The molecule has 134 valence electrons. The topological polar surface area (TPSA) is 112 Å². The molecule has 1 unspecified atom stereocenters. The minimum absolute atomic E-state index is 0.374. The Bertz CT molecular complexity index is 731. The third-order valence-electron chi connectivity index (χ3n) is 3.27. The first-order valence-electron chi connectivity index (χ1n) is 7.36. The highest BCUT2D eigenvalue weighted by molar-refractivity contribution is 7.98. The summed E-state index contributed by atoms with van der Waals surface area (Å²) in [4.78, 5) is 19.6. The number of hydrogen-bond donors (Lipinski definition) is 3. The first kappa shape index (κ1) is 19.6. The standard InChI is InChI=1S/C13H15N3S3.C2H2O4/c1-9-11(5-2-6-14-9)12-13(16-19-15-12)18-8-10-4-3-7-17-10;3-1(4)2(5)6/h3-5,7,9,14H,2,6,8H2,1H3;(H,3,4)(H,5,6). The quantitative estimate of drug-likeness (QED) is 0.531. The molecule has 2 aromatic heterocycles. The molecular formula is C15H17N3O4S3. The summed E-state index contributed by atoms with van der Waals surface area (Å²) in [6.45, 7) is 3.25. The number of nitrogens with one attached hydrogen (secondary N) is 1. The summed E-state index contributed by atoms with van der Waals surface area (Å²) in [6.07, 6.45) is 3.37. The van der Waals surface area contributed by atoms with Crippen molar-refractivity contribution in [3.63, 3.8) is 0 Å². The number of hydrogen-bond acceptors (Lipinski definition) is 8. The van der Waals surface area contributed by atoms with Gasteiger partial charge in [0.1, 0.15) is 10.7 Å². The van der Waals surface area contributed by atoms with Crippen LogP contribution in [0.5, 0.6) is 0 Å². The van der Waals surface area contributed by atoms with Crippen LogP contribution in [-0.4, -0.2) is 43.5 Å². The van der Waals surface area contributed by atoms with Crippen molar-refractivity contribution in [2.45, 2.75) is 30.2 Å². The molecule has 0 bridgehead atoms. The van der Waals surface area contributed by atoms with Crippen molar-refractivity contribution < 1.29 is 19.8 Å². The lowest BCUT2D eigenvalue weighted by molar-refractivity contribution is -0.159. The van der Waals surface area contributed by atoms with E-state index in [1.807, 2.05) is 0 Å². The van der Waals surface area contributed by atoms with E-state index in [0.29, 0.717) is 6.04 Å². The molecule has 1 aliphatic heterocycles. The Morgan fingerprint density at radius 1 is 1.36 bits per heavy atom. The Kier molecular flexibility index (Phi) is 7.56. The average molecular weight is 400 g/mol. The summed E-state index contributed by atoms with van der Waals surface area (Å²) in [5.74, 6) is -2.67. The number of rotatable bonds is 4. The van der Waals surface area contributed by atoms with Crippen LogP contribution in [0, 0.1) is 0 Å². The van der Waals surface area contributed by atoms with Crippen LogP contribution >= 0.6 is 34.8 Å². The molecule has 25 heavy (non-hydrogen) atoms. The second-order valence-corrected chi connectivity index (χ2v) is 7.55. The minimum Gasteiger partial charge on any atom is -0.473 e. The Morgan fingerprint density at radius 3 is 2.72 bits per heavy atom. The molecule has 0 spiro atoms. The van der Waals surface area contributed by atoms with Crippen molar-refractivity contribution in [2.24, 2.45) is 0 Å². The van der Waals surface area contributed by atoms with Crippen molar-refractivity contribution >= 4 is 52.3 Å². The van der Waals surface area contributed by atoms with Gasteiger partial charge in [-0.05, 0) is 36.9 Å². The summed E-state index contributed by atoms with van der Waals surface area (Å²) in [6, 6.07) is 4.64. The molecule has 0 saturated heterocycles. The summed E-state index contributed by atoms with van der Waals surface area (Å²) in [7, 11) is 0. The lowest BCUT2D eigenvalue weighted by Gasteiger charge is -2.21. The van der Waals surface area contributed by atoms with E-state index in [1.165, 1.54) is 22.2 Å². The number of aliphatic carboxylic acids is 2. The van der Waals surface area contributed by atoms with E-state index in [-0.39, 0.29) is 0 Å². The highest BCUT2D eigenvalue weighted by Gasteiger charge is 2.20. The maximum atomic E-state index is 9.10. The van der Waals surface area contributed by atoms with Crippen LogP contribution in [0.3, 0.4) is 0 Å². The fourth-order valence-electron chi connectivity index (χ4n) is 2.10. The number of thioether (sulfide) groups is 1. The Morgan fingerprint density at radius 2 is 2.12 bits per heavy atom. The zero-order valence-electron chi connectivity index (χ0n) is 13.3. The van der Waals surface area contributed by atoms with Gasteiger partial charge in [-0.15, -0.1) is 11.3 Å². The molecular weight excluding hydrogens is 382 g/mol. The van der Waals surface area contributed by atoms with Gasteiger partial charge < -0.3 is 15.5 Å². The SMILES string of the molecule is CC1NCCC=C1c1nsnc1SCc1cccs1.O=C(O)C(=O)O. The molecule has 3 heterocycles. The molecule has 3 rings (SSSR count). The molecule has 1 aliphatic rings. The molecule has 0 radical (unpaired) electrons. The Balaban J connectivity index is 0.000000326. The molecule has 0 saturated carbocycles. The molecule has 1 atom stereocenters. The minimum atomic E-state index is -1.82. The number of carbonyl (C=O) groups is 2. The van der Waals surface area contributed by atoms with Crippen molar-refractivity contribution in [3.05, 3.63) is 34.2 Å². The normalized spacial score (nSPS) is 16.5. The number of thiophene rings is 1. The van der Waals surface area contributed by atoms with E-state index < -0.39 is 11.9 Å². The highest BCUT2D eigenvalue weighted by atomic mass is 32.2. The van der Waals surface area contributed by atoms with Gasteiger partial charge in [0.05, 0.1) is 11.7 Å². The van der Waals surface area contributed by atoms with Gasteiger partial charge in [0.2, 0.25) is 0 Å². The van der Waals surface area contributed by atoms with Crippen molar-refractivity contribution in [3.8, 4) is 0 Å². The molecule has 0 amide bonds. The Hall–Kier alpha value is -1.75. The lowest BCUT2D eigenvalue weighted by Crippen LogP contribution is -2.31. The number of aromatic nitrogens is 2. The van der Waals surface area contributed by atoms with Crippen LogP contribution in [0.2, 0.25) is 0 Å². The largest absolute Gasteiger partial charge is 0.473 e. The molecule has 7 nitrogen and oxygen atoms in total. The van der Waals surface area contributed by atoms with Gasteiger partial charge in [-0.25, -0.2) is 9.59 Å². The van der Waals surface area contributed by atoms with Gasteiger partial charge in [-0.1, -0.05) is 23.9 Å². The predicted octanol–water partition coefficient (Wildman–Crippen LogP) is 2.81. The Labute approximate surface area is 157 Å².